The van der Waals surface area contributed by atoms with Gasteiger partial charge in [0.1, 0.15) is 11.2 Å². The van der Waals surface area contributed by atoms with Gasteiger partial charge in [-0.3, -0.25) is 0 Å². The van der Waals surface area contributed by atoms with Crippen LogP contribution in [0.4, 0.5) is 0 Å². The highest BCUT2D eigenvalue weighted by molar-refractivity contribution is 6.05. The Morgan fingerprint density at radius 2 is 1.83 bits per heavy atom. The zero-order valence-corrected chi connectivity index (χ0v) is 9.32. The smallest absolute Gasteiger partial charge is 0.162 e. The number of furan rings is 1. The number of rotatable bonds is 1. The lowest BCUT2D eigenvalue weighted by Crippen LogP contribution is -1.97. The molecule has 2 heterocycles. The molecule has 0 bridgehead atoms. The van der Waals surface area contributed by atoms with Crippen LogP contribution in [-0.2, 0) is 0 Å². The Morgan fingerprint density at radius 3 is 2.72 bits per heavy atom. The molecule has 0 aliphatic heterocycles. The monoisotopic (exact) mass is 236 g/mol. The molecule has 0 aliphatic carbocycles. The summed E-state index contributed by atoms with van der Waals surface area (Å²) >= 11 is 0. The molecule has 0 saturated heterocycles. The van der Waals surface area contributed by atoms with Gasteiger partial charge in [0.2, 0.25) is 0 Å². The first-order chi connectivity index (χ1) is 8.92. The Hall–Kier alpha value is -2.69. The van der Waals surface area contributed by atoms with E-state index < -0.39 is 0 Å². The number of fused-ring (bicyclic) bond motifs is 3. The van der Waals surface area contributed by atoms with Crippen LogP contribution in [0.5, 0.6) is 0 Å². The van der Waals surface area contributed by atoms with Crippen molar-refractivity contribution in [1.29, 1.82) is 0 Å². The maximum Gasteiger partial charge on any atom is 0.162 e. The average Bonchev–Trinajstić information content (AvgIpc) is 3.05. The van der Waals surface area contributed by atoms with Crippen molar-refractivity contribution in [2.24, 2.45) is 0 Å². The molecule has 2 aromatic heterocycles. The second kappa shape index (κ2) is 3.40. The molecule has 18 heavy (non-hydrogen) atoms. The zero-order valence-electron chi connectivity index (χ0n) is 9.32. The van der Waals surface area contributed by atoms with Gasteiger partial charge in [-0.2, -0.15) is 0 Å². The van der Waals surface area contributed by atoms with Gasteiger partial charge in [-0.15, -0.1) is 15.0 Å². The molecule has 0 atom stereocenters. The van der Waals surface area contributed by atoms with E-state index in [1.54, 1.807) is 0 Å². The third-order valence-electron chi connectivity index (χ3n) is 2.94. The summed E-state index contributed by atoms with van der Waals surface area (Å²) in [5, 5.41) is 13.8. The first kappa shape index (κ1) is 9.35. The van der Waals surface area contributed by atoms with Crippen LogP contribution in [0.1, 0.15) is 0 Å². The third kappa shape index (κ3) is 1.24. The SMILES string of the molecule is c1ccc2c(c1)oc1cc(-n3ncnn3)ccc12. The molecule has 4 aromatic rings. The normalized spacial score (nSPS) is 11.3. The zero-order chi connectivity index (χ0) is 11.9. The van der Waals surface area contributed by atoms with Crippen LogP contribution in [0, 0.1) is 0 Å². The standard InChI is InChI=1S/C13H8N4O/c1-2-4-12-10(3-1)11-6-5-9(7-13(11)18-12)17-15-8-14-16-17/h1-8H. The fourth-order valence-electron chi connectivity index (χ4n) is 2.12. The molecule has 0 spiro atoms. The topological polar surface area (TPSA) is 56.7 Å². The number of para-hydroxylation sites is 1. The van der Waals surface area contributed by atoms with Crippen LogP contribution in [0.15, 0.2) is 53.2 Å². The quantitative estimate of drug-likeness (QED) is 0.509. The Labute approximate surface area is 102 Å². The molecule has 5 nitrogen and oxygen atoms in total. The number of hydrogen-bond acceptors (Lipinski definition) is 4. The first-order valence-electron chi connectivity index (χ1n) is 5.56. The lowest BCUT2D eigenvalue weighted by molar-refractivity contribution is 0.665. The maximum absolute atomic E-state index is 5.80. The lowest BCUT2D eigenvalue weighted by atomic mass is 10.1. The number of hydrogen-bond donors (Lipinski definition) is 0. The van der Waals surface area contributed by atoms with E-state index in [4.69, 9.17) is 4.42 Å². The Bertz CT molecular complexity index is 833. The van der Waals surface area contributed by atoms with Crippen LogP contribution < -0.4 is 0 Å². The van der Waals surface area contributed by atoms with Gasteiger partial charge in [-0.25, -0.2) is 0 Å². The van der Waals surface area contributed by atoms with Crippen LogP contribution in [0.2, 0.25) is 0 Å². The number of benzene rings is 2. The van der Waals surface area contributed by atoms with Crippen molar-refractivity contribution in [3.05, 3.63) is 48.8 Å². The minimum absolute atomic E-state index is 0.825. The summed E-state index contributed by atoms with van der Waals surface area (Å²) in [6.45, 7) is 0. The van der Waals surface area contributed by atoms with Gasteiger partial charge in [-0.05, 0) is 23.4 Å². The average molecular weight is 236 g/mol. The molecule has 0 N–H and O–H groups in total. The Morgan fingerprint density at radius 1 is 0.944 bits per heavy atom. The molecule has 0 saturated carbocycles. The molecular weight excluding hydrogens is 228 g/mol. The maximum atomic E-state index is 5.80. The molecule has 5 heteroatoms. The van der Waals surface area contributed by atoms with E-state index in [-0.39, 0.29) is 0 Å². The van der Waals surface area contributed by atoms with Crippen molar-refractivity contribution >= 4 is 21.9 Å². The fraction of sp³-hybridized carbons (Fsp3) is 0. The predicted molar refractivity (Wildman–Crippen MR) is 66.4 cm³/mol. The molecule has 0 unspecified atom stereocenters. The highest BCUT2D eigenvalue weighted by atomic mass is 16.3. The van der Waals surface area contributed by atoms with Gasteiger partial charge in [-0.1, -0.05) is 18.2 Å². The van der Waals surface area contributed by atoms with Gasteiger partial charge in [0.25, 0.3) is 0 Å². The molecule has 0 aliphatic rings. The van der Waals surface area contributed by atoms with Crippen molar-refractivity contribution in [1.82, 2.24) is 20.2 Å². The van der Waals surface area contributed by atoms with Crippen molar-refractivity contribution in [2.75, 3.05) is 0 Å². The van der Waals surface area contributed by atoms with E-state index in [0.717, 1.165) is 27.6 Å². The number of tetrazole rings is 1. The van der Waals surface area contributed by atoms with Crippen molar-refractivity contribution in [3.8, 4) is 5.69 Å². The van der Waals surface area contributed by atoms with Crippen LogP contribution >= 0.6 is 0 Å². The van der Waals surface area contributed by atoms with E-state index in [2.05, 4.69) is 21.5 Å². The number of aromatic nitrogens is 4. The second-order valence-electron chi connectivity index (χ2n) is 4.00. The van der Waals surface area contributed by atoms with Crippen LogP contribution in [-0.4, -0.2) is 20.2 Å². The van der Waals surface area contributed by atoms with Gasteiger partial charge in [0, 0.05) is 16.8 Å². The van der Waals surface area contributed by atoms with E-state index in [0.29, 0.717) is 0 Å². The Kier molecular flexibility index (Phi) is 1.77. The third-order valence-corrected chi connectivity index (χ3v) is 2.94. The molecule has 86 valence electrons. The number of nitrogens with zero attached hydrogens (tertiary/aromatic N) is 4. The minimum atomic E-state index is 0.825. The molecule has 0 fully saturated rings. The Balaban J connectivity index is 2.04. The lowest BCUT2D eigenvalue weighted by Gasteiger charge is -1.97. The van der Waals surface area contributed by atoms with E-state index >= 15 is 0 Å². The molecule has 0 radical (unpaired) electrons. The second-order valence-corrected chi connectivity index (χ2v) is 4.00. The minimum Gasteiger partial charge on any atom is -0.456 e. The highest BCUT2D eigenvalue weighted by Crippen LogP contribution is 2.29. The summed E-state index contributed by atoms with van der Waals surface area (Å²) in [5.74, 6) is 0. The van der Waals surface area contributed by atoms with E-state index in [9.17, 15) is 0 Å². The summed E-state index contributed by atoms with van der Waals surface area (Å²) in [5.41, 5.74) is 2.54. The first-order valence-corrected chi connectivity index (χ1v) is 5.56. The van der Waals surface area contributed by atoms with E-state index in [1.807, 2.05) is 36.4 Å². The van der Waals surface area contributed by atoms with Gasteiger partial charge in [0.05, 0.1) is 5.69 Å². The summed E-state index contributed by atoms with van der Waals surface area (Å²) in [7, 11) is 0. The summed E-state index contributed by atoms with van der Waals surface area (Å²) in [6, 6.07) is 13.9. The molecule has 2 aromatic carbocycles. The molecular formula is C13H8N4O. The van der Waals surface area contributed by atoms with Crippen molar-refractivity contribution in [3.63, 3.8) is 0 Å². The van der Waals surface area contributed by atoms with Crippen molar-refractivity contribution in [2.45, 2.75) is 0 Å². The molecule has 4 rings (SSSR count). The highest BCUT2D eigenvalue weighted by Gasteiger charge is 2.08. The summed E-state index contributed by atoms with van der Waals surface area (Å²) < 4.78 is 5.80. The van der Waals surface area contributed by atoms with Gasteiger partial charge < -0.3 is 4.42 Å². The van der Waals surface area contributed by atoms with Crippen LogP contribution in [0.3, 0.4) is 0 Å². The van der Waals surface area contributed by atoms with Gasteiger partial charge in [0.15, 0.2) is 6.33 Å². The summed E-state index contributed by atoms with van der Waals surface area (Å²) in [6.07, 6.45) is 1.41. The van der Waals surface area contributed by atoms with Crippen LogP contribution in [0.25, 0.3) is 27.6 Å². The summed E-state index contributed by atoms with van der Waals surface area (Å²) in [4.78, 5) is 1.46. The molecule has 0 amide bonds. The fourth-order valence-corrected chi connectivity index (χ4v) is 2.12. The van der Waals surface area contributed by atoms with E-state index in [1.165, 1.54) is 11.1 Å². The van der Waals surface area contributed by atoms with Crippen molar-refractivity contribution < 1.29 is 4.42 Å². The largest absolute Gasteiger partial charge is 0.456 e. The van der Waals surface area contributed by atoms with Gasteiger partial charge >= 0.3 is 0 Å². The predicted octanol–water partition coefficient (Wildman–Crippen LogP) is 2.56.